The molecular formula is C27H24BrFN2O3S. The molecule has 35 heavy (non-hydrogen) atoms. The molecular weight excluding hydrogens is 531 g/mol. The fraction of sp³-hybridized carbons (Fsp3) is 0.185. The van der Waals surface area contributed by atoms with E-state index in [1.165, 1.54) is 17.8 Å². The number of aryl methyl sites for hydroxylation is 2. The molecule has 4 rings (SSSR count). The third-order valence-electron chi connectivity index (χ3n) is 5.21. The predicted molar refractivity (Wildman–Crippen MR) is 143 cm³/mol. The Kier molecular flexibility index (Phi) is 7.93. The van der Waals surface area contributed by atoms with Gasteiger partial charge in [0.15, 0.2) is 16.7 Å². The van der Waals surface area contributed by atoms with Crippen LogP contribution in [-0.2, 0) is 11.4 Å². The number of hydrogen-bond acceptors (Lipinski definition) is 5. The highest BCUT2D eigenvalue weighted by atomic mass is 79.9. The molecule has 1 heterocycles. The van der Waals surface area contributed by atoms with Crippen LogP contribution in [0.2, 0.25) is 0 Å². The minimum absolute atomic E-state index is 0.0836. The molecule has 180 valence electrons. The van der Waals surface area contributed by atoms with Gasteiger partial charge in [-0.15, -0.1) is 0 Å². The van der Waals surface area contributed by atoms with Gasteiger partial charge in [-0.3, -0.25) is 4.79 Å². The van der Waals surface area contributed by atoms with Gasteiger partial charge in [0.25, 0.3) is 5.91 Å². The number of rotatable bonds is 7. The van der Waals surface area contributed by atoms with Crippen LogP contribution in [0.3, 0.4) is 0 Å². The summed E-state index contributed by atoms with van der Waals surface area (Å²) in [5.74, 6) is 0.500. The molecule has 0 radical (unpaired) electrons. The van der Waals surface area contributed by atoms with Gasteiger partial charge >= 0.3 is 0 Å². The Balaban J connectivity index is 1.53. The molecule has 1 fully saturated rings. The molecule has 0 aliphatic carbocycles. The number of thioether (sulfide) groups is 1. The molecule has 1 saturated heterocycles. The fourth-order valence-corrected chi connectivity index (χ4v) is 4.58. The van der Waals surface area contributed by atoms with Crippen LogP contribution in [0.15, 0.2) is 69.0 Å². The van der Waals surface area contributed by atoms with Gasteiger partial charge in [-0.2, -0.15) is 0 Å². The van der Waals surface area contributed by atoms with Crippen LogP contribution < -0.4 is 14.8 Å². The minimum atomic E-state index is -0.318. The zero-order chi connectivity index (χ0) is 24.9. The minimum Gasteiger partial charge on any atom is -0.490 e. The van der Waals surface area contributed by atoms with E-state index < -0.39 is 0 Å². The second-order valence-electron chi connectivity index (χ2n) is 7.89. The van der Waals surface area contributed by atoms with Gasteiger partial charge in [-0.25, -0.2) is 9.38 Å². The largest absolute Gasteiger partial charge is 0.490 e. The summed E-state index contributed by atoms with van der Waals surface area (Å²) in [5.41, 5.74) is 4.18. The highest BCUT2D eigenvalue weighted by Crippen LogP contribution is 2.34. The van der Waals surface area contributed by atoms with Gasteiger partial charge in [0.05, 0.1) is 17.2 Å². The number of benzene rings is 3. The normalized spacial score (nSPS) is 15.5. The molecule has 0 atom stereocenters. The van der Waals surface area contributed by atoms with Gasteiger partial charge in [0.2, 0.25) is 0 Å². The number of nitrogens with one attached hydrogen (secondary N) is 1. The first-order valence-electron chi connectivity index (χ1n) is 11.0. The van der Waals surface area contributed by atoms with E-state index in [9.17, 15) is 9.18 Å². The van der Waals surface area contributed by atoms with Crippen molar-refractivity contribution < 1.29 is 18.7 Å². The SMILES string of the molecule is CCOc1cc(/C=C2\SC(=Nc3cc(C)c(Br)c(C)c3)NC2=O)ccc1OCc1ccccc1F. The maximum absolute atomic E-state index is 13.9. The highest BCUT2D eigenvalue weighted by Gasteiger charge is 2.24. The summed E-state index contributed by atoms with van der Waals surface area (Å²) in [4.78, 5) is 17.7. The first-order chi connectivity index (χ1) is 16.8. The van der Waals surface area contributed by atoms with Crippen LogP contribution in [0.25, 0.3) is 6.08 Å². The van der Waals surface area contributed by atoms with Crippen molar-refractivity contribution >= 4 is 50.5 Å². The van der Waals surface area contributed by atoms with Crippen molar-refractivity contribution in [1.29, 1.82) is 0 Å². The van der Waals surface area contributed by atoms with Crippen LogP contribution in [0, 0.1) is 19.7 Å². The van der Waals surface area contributed by atoms with E-state index in [0.717, 1.165) is 26.9 Å². The average molecular weight is 555 g/mol. The number of nitrogens with zero attached hydrogens (tertiary/aromatic N) is 1. The van der Waals surface area contributed by atoms with Crippen LogP contribution >= 0.6 is 27.7 Å². The van der Waals surface area contributed by atoms with Crippen molar-refractivity contribution in [1.82, 2.24) is 5.32 Å². The Morgan fingerprint density at radius 3 is 2.51 bits per heavy atom. The molecule has 3 aromatic rings. The van der Waals surface area contributed by atoms with Crippen LogP contribution in [0.5, 0.6) is 11.5 Å². The lowest BCUT2D eigenvalue weighted by atomic mass is 10.1. The van der Waals surface area contributed by atoms with E-state index >= 15 is 0 Å². The molecule has 0 spiro atoms. The van der Waals surface area contributed by atoms with Crippen LogP contribution in [-0.4, -0.2) is 17.7 Å². The van der Waals surface area contributed by atoms with E-state index in [2.05, 4.69) is 26.2 Å². The van der Waals surface area contributed by atoms with Gasteiger partial charge < -0.3 is 14.8 Å². The Labute approximate surface area is 216 Å². The Hall–Kier alpha value is -3.10. The number of carbonyl (C=O) groups excluding carboxylic acids is 1. The molecule has 1 N–H and O–H groups in total. The molecule has 1 amide bonds. The maximum atomic E-state index is 13.9. The first-order valence-corrected chi connectivity index (χ1v) is 12.6. The van der Waals surface area contributed by atoms with E-state index in [1.807, 2.05) is 39.0 Å². The molecule has 0 bridgehead atoms. The van der Waals surface area contributed by atoms with E-state index in [-0.39, 0.29) is 18.3 Å². The van der Waals surface area contributed by atoms with E-state index in [4.69, 9.17) is 9.47 Å². The topological polar surface area (TPSA) is 59.9 Å². The Morgan fingerprint density at radius 1 is 1.06 bits per heavy atom. The third-order valence-corrected chi connectivity index (χ3v) is 7.37. The third kappa shape index (κ3) is 6.13. The molecule has 3 aromatic carbocycles. The molecule has 8 heteroatoms. The number of carbonyl (C=O) groups is 1. The molecule has 1 aliphatic heterocycles. The van der Waals surface area contributed by atoms with E-state index in [0.29, 0.717) is 33.7 Å². The van der Waals surface area contributed by atoms with E-state index in [1.54, 1.807) is 36.4 Å². The van der Waals surface area contributed by atoms with Gasteiger partial charge in [0, 0.05) is 10.0 Å². The van der Waals surface area contributed by atoms with Crippen LogP contribution in [0.4, 0.5) is 10.1 Å². The number of halogens is 2. The lowest BCUT2D eigenvalue weighted by molar-refractivity contribution is -0.115. The highest BCUT2D eigenvalue weighted by molar-refractivity contribution is 9.10. The van der Waals surface area contributed by atoms with Crippen molar-refractivity contribution in [3.63, 3.8) is 0 Å². The standard InChI is InChI=1S/C27H24BrFN2O3S/c1-4-33-23-13-18(9-10-22(23)34-15-19-7-5-6-8-21(19)29)14-24-26(32)31-27(35-24)30-20-11-16(2)25(28)17(3)12-20/h5-14H,4,15H2,1-3H3,(H,30,31,32)/b24-14-. The quantitative estimate of drug-likeness (QED) is 0.317. The molecule has 0 unspecified atom stereocenters. The summed E-state index contributed by atoms with van der Waals surface area (Å²) in [7, 11) is 0. The molecule has 0 saturated carbocycles. The monoisotopic (exact) mass is 554 g/mol. The summed E-state index contributed by atoms with van der Waals surface area (Å²) in [6.07, 6.45) is 1.78. The van der Waals surface area contributed by atoms with Crippen molar-refractivity contribution in [2.45, 2.75) is 27.4 Å². The zero-order valence-corrected chi connectivity index (χ0v) is 21.9. The van der Waals surface area contributed by atoms with Crippen molar-refractivity contribution in [3.8, 4) is 11.5 Å². The first kappa shape index (κ1) is 25.0. The van der Waals surface area contributed by atoms with Crippen LogP contribution in [0.1, 0.15) is 29.2 Å². The van der Waals surface area contributed by atoms with Gasteiger partial charge in [-0.05, 0) is 85.6 Å². The molecule has 5 nitrogen and oxygen atoms in total. The number of aliphatic imine (C=N–C) groups is 1. The van der Waals surface area contributed by atoms with Crippen molar-refractivity contribution in [2.24, 2.45) is 4.99 Å². The molecule has 1 aliphatic rings. The second kappa shape index (κ2) is 11.1. The summed E-state index contributed by atoms with van der Waals surface area (Å²) in [6.45, 7) is 6.41. The predicted octanol–water partition coefficient (Wildman–Crippen LogP) is 7.07. The zero-order valence-electron chi connectivity index (χ0n) is 19.5. The number of amides is 1. The number of ether oxygens (including phenoxy) is 2. The van der Waals surface area contributed by atoms with Crippen molar-refractivity contribution in [3.05, 3.63) is 92.0 Å². The Morgan fingerprint density at radius 2 is 1.80 bits per heavy atom. The maximum Gasteiger partial charge on any atom is 0.264 e. The smallest absolute Gasteiger partial charge is 0.264 e. The lowest BCUT2D eigenvalue weighted by Crippen LogP contribution is -2.19. The summed E-state index contributed by atoms with van der Waals surface area (Å²) in [6, 6.07) is 15.8. The number of hydrogen-bond donors (Lipinski definition) is 1. The summed E-state index contributed by atoms with van der Waals surface area (Å²) in [5, 5.41) is 3.35. The average Bonchev–Trinajstić information content (AvgIpc) is 3.16. The fourth-order valence-electron chi connectivity index (χ4n) is 3.51. The second-order valence-corrected chi connectivity index (χ2v) is 9.72. The number of amidine groups is 1. The van der Waals surface area contributed by atoms with Gasteiger partial charge in [-0.1, -0.05) is 40.2 Å². The molecule has 0 aromatic heterocycles. The summed E-state index contributed by atoms with van der Waals surface area (Å²) < 4.78 is 26.5. The van der Waals surface area contributed by atoms with Crippen molar-refractivity contribution in [2.75, 3.05) is 6.61 Å². The summed E-state index contributed by atoms with van der Waals surface area (Å²) >= 11 is 4.84. The lowest BCUT2D eigenvalue weighted by Gasteiger charge is -2.13. The Bertz CT molecular complexity index is 1320. The van der Waals surface area contributed by atoms with Gasteiger partial charge in [0.1, 0.15) is 12.4 Å².